The van der Waals surface area contributed by atoms with Gasteiger partial charge in [0.1, 0.15) is 6.04 Å². The van der Waals surface area contributed by atoms with Crippen molar-refractivity contribution < 1.29 is 33.5 Å². The van der Waals surface area contributed by atoms with Gasteiger partial charge in [0.15, 0.2) is 11.5 Å². The minimum atomic E-state index is -1.02. The van der Waals surface area contributed by atoms with E-state index in [0.29, 0.717) is 22.8 Å². The van der Waals surface area contributed by atoms with E-state index in [4.69, 9.17) is 14.2 Å². The van der Waals surface area contributed by atoms with Crippen molar-refractivity contribution in [3.8, 4) is 17.2 Å². The van der Waals surface area contributed by atoms with Gasteiger partial charge in [0.25, 0.3) is 11.6 Å². The lowest BCUT2D eigenvalue weighted by molar-refractivity contribution is -0.385. The van der Waals surface area contributed by atoms with Crippen molar-refractivity contribution in [3.05, 3.63) is 57.6 Å². The third-order valence-electron chi connectivity index (χ3n) is 5.85. The monoisotopic (exact) mass is 543 g/mol. The highest BCUT2D eigenvalue weighted by Crippen LogP contribution is 2.38. The highest BCUT2D eigenvalue weighted by molar-refractivity contribution is 6.37. The molecule has 0 aliphatic rings. The van der Waals surface area contributed by atoms with Gasteiger partial charge < -0.3 is 24.4 Å². The molecule has 11 heteroatoms. The zero-order valence-electron chi connectivity index (χ0n) is 23.7. The lowest BCUT2D eigenvalue weighted by Crippen LogP contribution is -2.56. The Balaban J connectivity index is 2.59. The summed E-state index contributed by atoms with van der Waals surface area (Å²) in [5.41, 5.74) is -0.236. The van der Waals surface area contributed by atoms with E-state index in [2.05, 4.69) is 5.32 Å². The van der Waals surface area contributed by atoms with E-state index in [0.717, 1.165) is 0 Å². The number of carbonyl (C=O) groups excluding carboxylic acids is 3. The zero-order valence-corrected chi connectivity index (χ0v) is 23.7. The van der Waals surface area contributed by atoms with Crippen LogP contribution in [0.15, 0.2) is 36.4 Å². The number of Topliss-reactive ketones (excluding diaryl/α,β-unsaturated/α-hetero) is 1. The Hall–Kier alpha value is -4.15. The molecule has 0 radical (unpaired) electrons. The Labute approximate surface area is 228 Å². The van der Waals surface area contributed by atoms with Crippen LogP contribution in [0.5, 0.6) is 17.2 Å². The fourth-order valence-corrected chi connectivity index (χ4v) is 4.21. The number of benzene rings is 2. The molecule has 0 aliphatic carbocycles. The molecule has 0 heterocycles. The summed E-state index contributed by atoms with van der Waals surface area (Å²) in [5.74, 6) is -1.61. The third kappa shape index (κ3) is 7.92. The van der Waals surface area contributed by atoms with Crippen molar-refractivity contribution in [1.82, 2.24) is 10.2 Å². The van der Waals surface area contributed by atoms with Crippen LogP contribution in [0.4, 0.5) is 5.69 Å². The molecule has 0 aliphatic heterocycles. The van der Waals surface area contributed by atoms with Crippen molar-refractivity contribution in [2.24, 2.45) is 5.92 Å². The van der Waals surface area contributed by atoms with Gasteiger partial charge in [-0.1, -0.05) is 32.0 Å². The van der Waals surface area contributed by atoms with Crippen LogP contribution in [-0.4, -0.2) is 60.3 Å². The van der Waals surface area contributed by atoms with E-state index in [1.807, 2.05) is 20.8 Å². The maximum Gasteiger partial charge on any atom is 0.291 e. The van der Waals surface area contributed by atoms with Gasteiger partial charge in [-0.05, 0) is 44.4 Å². The second-order valence-corrected chi connectivity index (χ2v) is 10.4. The van der Waals surface area contributed by atoms with Crippen molar-refractivity contribution in [1.29, 1.82) is 0 Å². The molecule has 11 nitrogen and oxygen atoms in total. The molecule has 2 rings (SSSR count). The number of ketones is 1. The molecule has 212 valence electrons. The minimum Gasteiger partial charge on any atom is -0.493 e. The molecule has 0 aromatic heterocycles. The molecule has 2 aromatic rings. The van der Waals surface area contributed by atoms with Gasteiger partial charge >= 0.3 is 0 Å². The van der Waals surface area contributed by atoms with Crippen LogP contribution in [0, 0.1) is 16.0 Å². The first-order chi connectivity index (χ1) is 18.2. The number of nitro groups is 1. The molecule has 0 spiro atoms. The number of hydrogen-bond acceptors (Lipinski definition) is 8. The van der Waals surface area contributed by atoms with E-state index in [1.165, 1.54) is 44.4 Å². The second-order valence-electron chi connectivity index (χ2n) is 10.4. The fraction of sp³-hybridized carbons (Fsp3) is 0.464. The number of nitro benzene ring substituents is 1. The molecule has 2 aromatic carbocycles. The summed E-state index contributed by atoms with van der Waals surface area (Å²) in [6.07, 6.45) is -0.493. The van der Waals surface area contributed by atoms with Crippen LogP contribution in [0.2, 0.25) is 0 Å². The molecule has 0 saturated carbocycles. The van der Waals surface area contributed by atoms with Crippen molar-refractivity contribution in [2.75, 3.05) is 21.3 Å². The van der Waals surface area contributed by atoms with Gasteiger partial charge in [0.05, 0.1) is 26.3 Å². The van der Waals surface area contributed by atoms with E-state index >= 15 is 0 Å². The Morgan fingerprint density at radius 3 is 2.03 bits per heavy atom. The van der Waals surface area contributed by atoms with Gasteiger partial charge in [-0.3, -0.25) is 24.5 Å². The SMILES string of the molecule is COc1cc(CN(C(=O)C(=O)Cc2ccccc2[N+](=O)[O-])[C@@H](C(=O)NC(C)(C)C)C(C)C)cc(OC)c1OC. The van der Waals surface area contributed by atoms with Gasteiger partial charge in [0, 0.05) is 30.1 Å². The molecule has 2 amide bonds. The van der Waals surface area contributed by atoms with Crippen molar-refractivity contribution >= 4 is 23.3 Å². The van der Waals surface area contributed by atoms with Gasteiger partial charge in [0.2, 0.25) is 17.4 Å². The quantitative estimate of drug-likeness (QED) is 0.243. The van der Waals surface area contributed by atoms with Crippen LogP contribution in [0.1, 0.15) is 45.7 Å². The van der Waals surface area contributed by atoms with Crippen LogP contribution in [0.25, 0.3) is 0 Å². The number of rotatable bonds is 12. The second kappa shape index (κ2) is 13.1. The minimum absolute atomic E-state index is 0.105. The first-order valence-electron chi connectivity index (χ1n) is 12.4. The van der Waals surface area contributed by atoms with E-state index in [9.17, 15) is 24.5 Å². The number of ether oxygens (including phenoxy) is 3. The van der Waals surface area contributed by atoms with Crippen LogP contribution in [0.3, 0.4) is 0 Å². The summed E-state index contributed by atoms with van der Waals surface area (Å²) in [6, 6.07) is 7.98. The standard InChI is InChI=1S/C28H37N3O8/c1-17(2)24(26(33)29-28(3,4)5)30(16-18-13-22(37-6)25(39-8)23(14-18)38-7)27(34)21(32)15-19-11-9-10-12-20(19)31(35)36/h9-14,17,24H,15-16H2,1-8H3,(H,29,33)/t24-/m1/s1. The lowest BCUT2D eigenvalue weighted by atomic mass is 9.97. The highest BCUT2D eigenvalue weighted by atomic mass is 16.6. The summed E-state index contributed by atoms with van der Waals surface area (Å²) >= 11 is 0. The molecular weight excluding hydrogens is 506 g/mol. The summed E-state index contributed by atoms with van der Waals surface area (Å²) in [6.45, 7) is 8.84. The summed E-state index contributed by atoms with van der Waals surface area (Å²) in [5, 5.41) is 14.3. The Morgan fingerprint density at radius 2 is 1.56 bits per heavy atom. The lowest BCUT2D eigenvalue weighted by Gasteiger charge is -2.35. The van der Waals surface area contributed by atoms with Crippen molar-refractivity contribution in [3.63, 3.8) is 0 Å². The summed E-state index contributed by atoms with van der Waals surface area (Å²) < 4.78 is 16.2. The van der Waals surface area contributed by atoms with E-state index in [1.54, 1.807) is 32.0 Å². The Kier molecular flexibility index (Phi) is 10.4. The van der Waals surface area contributed by atoms with Gasteiger partial charge in [-0.2, -0.15) is 0 Å². The number of para-hydroxylation sites is 1. The Morgan fingerprint density at radius 1 is 1.00 bits per heavy atom. The zero-order chi connectivity index (χ0) is 29.5. The fourth-order valence-electron chi connectivity index (χ4n) is 4.21. The van der Waals surface area contributed by atoms with Crippen LogP contribution in [-0.2, 0) is 27.3 Å². The largest absolute Gasteiger partial charge is 0.493 e. The normalized spacial score (nSPS) is 11.9. The molecule has 1 N–H and O–H groups in total. The maximum absolute atomic E-state index is 13.7. The molecular formula is C28H37N3O8. The molecule has 39 heavy (non-hydrogen) atoms. The number of carbonyl (C=O) groups is 3. The summed E-state index contributed by atoms with van der Waals surface area (Å²) in [4.78, 5) is 52.5. The average molecular weight is 544 g/mol. The molecule has 0 unspecified atom stereocenters. The van der Waals surface area contributed by atoms with E-state index < -0.39 is 40.5 Å². The van der Waals surface area contributed by atoms with Crippen molar-refractivity contribution in [2.45, 2.75) is 59.2 Å². The summed E-state index contributed by atoms with van der Waals surface area (Å²) in [7, 11) is 4.37. The Bertz CT molecular complexity index is 1190. The van der Waals surface area contributed by atoms with Gasteiger partial charge in [-0.25, -0.2) is 0 Å². The predicted molar refractivity (Wildman–Crippen MR) is 145 cm³/mol. The third-order valence-corrected chi connectivity index (χ3v) is 5.85. The first-order valence-corrected chi connectivity index (χ1v) is 12.4. The van der Waals surface area contributed by atoms with Gasteiger partial charge in [-0.15, -0.1) is 0 Å². The molecule has 0 saturated heterocycles. The smallest absolute Gasteiger partial charge is 0.291 e. The number of nitrogens with zero attached hydrogens (tertiary/aromatic N) is 2. The number of methoxy groups -OCH3 is 3. The predicted octanol–water partition coefficient (Wildman–Crippen LogP) is 3.70. The number of hydrogen-bond donors (Lipinski definition) is 1. The maximum atomic E-state index is 13.7. The van der Waals surface area contributed by atoms with E-state index in [-0.39, 0.29) is 23.7 Å². The van der Waals surface area contributed by atoms with Crippen LogP contribution < -0.4 is 19.5 Å². The molecule has 0 bridgehead atoms. The highest BCUT2D eigenvalue weighted by Gasteiger charge is 2.37. The average Bonchev–Trinajstić information content (AvgIpc) is 2.85. The molecule has 1 atom stereocenters. The first kappa shape index (κ1) is 31.1. The topological polar surface area (TPSA) is 137 Å². The molecule has 0 fully saturated rings. The number of amides is 2. The van der Waals surface area contributed by atoms with Crippen LogP contribution >= 0.6 is 0 Å². The number of nitrogens with one attached hydrogen (secondary N) is 1.